The van der Waals surface area contributed by atoms with Gasteiger partial charge in [-0.25, -0.2) is 9.59 Å². The van der Waals surface area contributed by atoms with E-state index in [1.165, 1.54) is 0 Å². The van der Waals surface area contributed by atoms with Crippen LogP contribution in [0.2, 0.25) is 0 Å². The lowest BCUT2D eigenvalue weighted by molar-refractivity contribution is 0.0474. The Hall–Kier alpha value is -3.66. The fourth-order valence-electron chi connectivity index (χ4n) is 3.69. The normalized spacial score (nSPS) is 10.9. The Morgan fingerprint density at radius 2 is 0.906 bits per heavy atom. The summed E-state index contributed by atoms with van der Waals surface area (Å²) in [6.07, 6.45) is 3.41. The van der Waals surface area contributed by atoms with Crippen LogP contribution in [0.5, 0.6) is 0 Å². The van der Waals surface area contributed by atoms with E-state index >= 15 is 0 Å². The van der Waals surface area contributed by atoms with Gasteiger partial charge in [0.05, 0.1) is 24.3 Å². The van der Waals surface area contributed by atoms with Crippen molar-refractivity contribution in [2.75, 3.05) is 13.2 Å². The summed E-state index contributed by atoms with van der Waals surface area (Å²) in [6.45, 7) is 0.783. The van der Waals surface area contributed by atoms with Crippen LogP contribution in [0.25, 0.3) is 21.5 Å². The van der Waals surface area contributed by atoms with Crippen LogP contribution in [0.4, 0.5) is 0 Å². The Morgan fingerprint density at radius 1 is 0.500 bits per heavy atom. The van der Waals surface area contributed by atoms with E-state index in [1.54, 1.807) is 12.1 Å². The molecule has 4 aromatic rings. The quantitative estimate of drug-likeness (QED) is 0.224. The van der Waals surface area contributed by atoms with Crippen LogP contribution in [0, 0.1) is 0 Å². The predicted molar refractivity (Wildman–Crippen MR) is 127 cm³/mol. The average molecular weight is 427 g/mol. The lowest BCUT2D eigenvalue weighted by Crippen LogP contribution is -2.07. The molecule has 0 aromatic heterocycles. The Bertz CT molecular complexity index is 1130. The molecule has 4 heteroatoms. The molecule has 0 radical (unpaired) electrons. The van der Waals surface area contributed by atoms with Crippen LogP contribution in [0.1, 0.15) is 46.4 Å². The Labute approximate surface area is 187 Å². The van der Waals surface area contributed by atoms with Crippen LogP contribution in [-0.2, 0) is 9.47 Å². The molecule has 0 spiro atoms. The molecule has 0 bridgehead atoms. The number of carbonyl (C=O) groups is 2. The van der Waals surface area contributed by atoms with E-state index in [4.69, 9.17) is 9.47 Å². The molecular formula is C28H26O4. The van der Waals surface area contributed by atoms with E-state index in [1.807, 2.05) is 72.8 Å². The number of hydrogen-bond donors (Lipinski definition) is 0. The zero-order valence-electron chi connectivity index (χ0n) is 18.0. The highest BCUT2D eigenvalue weighted by Crippen LogP contribution is 2.17. The molecule has 0 saturated carbocycles. The van der Waals surface area contributed by atoms with Gasteiger partial charge in [-0.1, -0.05) is 60.7 Å². The maximum atomic E-state index is 12.2. The fourth-order valence-corrected chi connectivity index (χ4v) is 3.69. The largest absolute Gasteiger partial charge is 0.462 e. The van der Waals surface area contributed by atoms with Crippen molar-refractivity contribution in [1.82, 2.24) is 0 Å². The second kappa shape index (κ2) is 10.6. The van der Waals surface area contributed by atoms with Crippen molar-refractivity contribution in [3.8, 4) is 0 Å². The zero-order valence-corrected chi connectivity index (χ0v) is 18.0. The van der Waals surface area contributed by atoms with E-state index in [2.05, 4.69) is 0 Å². The minimum absolute atomic E-state index is 0.292. The minimum Gasteiger partial charge on any atom is -0.462 e. The van der Waals surface area contributed by atoms with Crippen molar-refractivity contribution in [3.63, 3.8) is 0 Å². The first-order valence-corrected chi connectivity index (χ1v) is 11.0. The molecule has 4 aromatic carbocycles. The molecule has 0 N–H and O–H groups in total. The van der Waals surface area contributed by atoms with Crippen molar-refractivity contribution in [2.45, 2.75) is 25.7 Å². The van der Waals surface area contributed by atoms with Gasteiger partial charge in [0.25, 0.3) is 0 Å². The smallest absolute Gasteiger partial charge is 0.338 e. The summed E-state index contributed by atoms with van der Waals surface area (Å²) in [7, 11) is 0. The van der Waals surface area contributed by atoms with Gasteiger partial charge in [0.2, 0.25) is 0 Å². The fraction of sp³-hybridized carbons (Fsp3) is 0.214. The number of hydrogen-bond acceptors (Lipinski definition) is 4. The van der Waals surface area contributed by atoms with Crippen molar-refractivity contribution < 1.29 is 19.1 Å². The first kappa shape index (κ1) is 21.6. The summed E-state index contributed by atoms with van der Waals surface area (Å²) >= 11 is 0. The summed E-state index contributed by atoms with van der Waals surface area (Å²) in [6, 6.07) is 27.1. The molecule has 0 aliphatic rings. The van der Waals surface area contributed by atoms with E-state index < -0.39 is 0 Å². The number of carbonyl (C=O) groups excluding carboxylic acids is 2. The summed E-state index contributed by atoms with van der Waals surface area (Å²) in [5.41, 5.74) is 1.15. The third-order valence-corrected chi connectivity index (χ3v) is 5.48. The van der Waals surface area contributed by atoms with Gasteiger partial charge in [0.1, 0.15) is 0 Å². The summed E-state index contributed by atoms with van der Waals surface area (Å²) in [5.74, 6) is -0.583. The first-order valence-electron chi connectivity index (χ1n) is 11.0. The van der Waals surface area contributed by atoms with Crippen molar-refractivity contribution in [2.24, 2.45) is 0 Å². The number of rotatable bonds is 9. The van der Waals surface area contributed by atoms with Gasteiger partial charge in [-0.05, 0) is 71.5 Å². The Morgan fingerprint density at radius 3 is 1.34 bits per heavy atom. The monoisotopic (exact) mass is 426 g/mol. The maximum Gasteiger partial charge on any atom is 0.338 e. The van der Waals surface area contributed by atoms with Gasteiger partial charge in [0.15, 0.2) is 0 Å². The topological polar surface area (TPSA) is 52.6 Å². The number of unbranched alkanes of at least 4 members (excludes halogenated alkanes) is 3. The lowest BCUT2D eigenvalue weighted by Gasteiger charge is -2.07. The van der Waals surface area contributed by atoms with E-state index in [9.17, 15) is 9.59 Å². The van der Waals surface area contributed by atoms with Crippen LogP contribution >= 0.6 is 0 Å². The lowest BCUT2D eigenvalue weighted by atomic mass is 10.1. The number of ether oxygens (including phenoxy) is 2. The molecule has 0 aliphatic carbocycles. The van der Waals surface area contributed by atoms with Gasteiger partial charge in [-0.15, -0.1) is 0 Å². The average Bonchev–Trinajstić information content (AvgIpc) is 2.84. The molecule has 32 heavy (non-hydrogen) atoms. The molecule has 0 aliphatic heterocycles. The zero-order chi connectivity index (χ0) is 22.2. The second-order valence-electron chi connectivity index (χ2n) is 7.81. The Balaban J connectivity index is 1.11. The predicted octanol–water partition coefficient (Wildman–Crippen LogP) is 6.57. The van der Waals surface area contributed by atoms with Gasteiger partial charge < -0.3 is 9.47 Å². The first-order chi connectivity index (χ1) is 15.7. The summed E-state index contributed by atoms with van der Waals surface area (Å²) < 4.78 is 10.8. The maximum absolute atomic E-state index is 12.2. The van der Waals surface area contributed by atoms with Crippen LogP contribution in [-0.4, -0.2) is 25.2 Å². The molecular weight excluding hydrogens is 400 g/mol. The highest BCUT2D eigenvalue weighted by molar-refractivity contribution is 5.96. The van der Waals surface area contributed by atoms with Gasteiger partial charge in [-0.3, -0.25) is 0 Å². The number of fused-ring (bicyclic) bond motifs is 2. The van der Waals surface area contributed by atoms with Crippen LogP contribution in [0.3, 0.4) is 0 Å². The third kappa shape index (κ3) is 5.52. The van der Waals surface area contributed by atoms with Crippen molar-refractivity contribution >= 4 is 33.5 Å². The molecule has 0 amide bonds. The van der Waals surface area contributed by atoms with Crippen molar-refractivity contribution in [3.05, 3.63) is 96.1 Å². The molecule has 0 saturated heterocycles. The third-order valence-electron chi connectivity index (χ3n) is 5.48. The molecule has 4 rings (SSSR count). The Kier molecular flexibility index (Phi) is 7.13. The minimum atomic E-state index is -0.292. The van der Waals surface area contributed by atoms with E-state index in [0.717, 1.165) is 47.2 Å². The SMILES string of the molecule is O=C(OCCCCCCOC(=O)c1ccc2ccccc2c1)c1ccc2ccccc2c1. The van der Waals surface area contributed by atoms with Gasteiger partial charge in [0, 0.05) is 0 Å². The number of esters is 2. The second-order valence-corrected chi connectivity index (χ2v) is 7.81. The van der Waals surface area contributed by atoms with E-state index in [0.29, 0.717) is 24.3 Å². The van der Waals surface area contributed by atoms with Gasteiger partial charge in [-0.2, -0.15) is 0 Å². The highest BCUT2D eigenvalue weighted by atomic mass is 16.5. The van der Waals surface area contributed by atoms with E-state index in [-0.39, 0.29) is 11.9 Å². The summed E-state index contributed by atoms with van der Waals surface area (Å²) in [4.78, 5) is 24.5. The highest BCUT2D eigenvalue weighted by Gasteiger charge is 2.09. The van der Waals surface area contributed by atoms with Gasteiger partial charge >= 0.3 is 11.9 Å². The van der Waals surface area contributed by atoms with Crippen LogP contribution in [0.15, 0.2) is 84.9 Å². The van der Waals surface area contributed by atoms with Crippen molar-refractivity contribution in [1.29, 1.82) is 0 Å². The van der Waals surface area contributed by atoms with Crippen LogP contribution < -0.4 is 0 Å². The molecule has 162 valence electrons. The summed E-state index contributed by atoms with van der Waals surface area (Å²) in [5, 5.41) is 4.26. The molecule has 4 nitrogen and oxygen atoms in total. The molecule has 0 unspecified atom stereocenters. The molecule has 0 atom stereocenters. The molecule has 0 heterocycles. The molecule has 0 fully saturated rings. The number of benzene rings is 4. The standard InChI is InChI=1S/C28H26O4/c29-27(25-15-13-21-9-3-5-11-23(21)19-25)31-17-7-1-2-8-18-32-28(30)26-16-14-22-10-4-6-12-24(22)20-26/h3-6,9-16,19-20H,1-2,7-8,17-18H2.